The summed E-state index contributed by atoms with van der Waals surface area (Å²) < 4.78 is 5.23. The maximum absolute atomic E-state index is 11.3. The second-order valence-electron chi connectivity index (χ2n) is 5.02. The lowest BCUT2D eigenvalue weighted by atomic mass is 9.98. The van der Waals surface area contributed by atoms with Crippen LogP contribution in [-0.2, 0) is 0 Å². The molecule has 0 amide bonds. The van der Waals surface area contributed by atoms with Gasteiger partial charge in [-0.1, -0.05) is 60.7 Å². The first-order chi connectivity index (χ1) is 10.8. The van der Waals surface area contributed by atoms with Crippen LogP contribution in [0.4, 0.5) is 0 Å². The smallest absolute Gasteiger partial charge is 0.150 e. The Kier molecular flexibility index (Phi) is 4.01. The van der Waals surface area contributed by atoms with E-state index in [1.165, 1.54) is 0 Å². The van der Waals surface area contributed by atoms with Gasteiger partial charge in [-0.05, 0) is 34.0 Å². The molecule has 2 nitrogen and oxygen atoms in total. The van der Waals surface area contributed by atoms with Gasteiger partial charge in [-0.3, -0.25) is 4.79 Å². The summed E-state index contributed by atoms with van der Waals surface area (Å²) in [6.07, 6.45) is 4.88. The van der Waals surface area contributed by atoms with Gasteiger partial charge in [-0.15, -0.1) is 0 Å². The lowest BCUT2D eigenvalue weighted by Gasteiger charge is -2.06. The summed E-state index contributed by atoms with van der Waals surface area (Å²) in [6.45, 7) is 0. The van der Waals surface area contributed by atoms with Gasteiger partial charge in [-0.25, -0.2) is 0 Å². The number of hydrogen-bond acceptors (Lipinski definition) is 2. The molecule has 3 aromatic carbocycles. The van der Waals surface area contributed by atoms with Gasteiger partial charge in [0.05, 0.1) is 7.11 Å². The van der Waals surface area contributed by atoms with Crippen molar-refractivity contribution in [1.29, 1.82) is 0 Å². The van der Waals surface area contributed by atoms with E-state index >= 15 is 0 Å². The van der Waals surface area contributed by atoms with Crippen LogP contribution < -0.4 is 4.74 Å². The number of hydrogen-bond donors (Lipinski definition) is 0. The van der Waals surface area contributed by atoms with Crippen molar-refractivity contribution in [1.82, 2.24) is 0 Å². The summed E-state index contributed by atoms with van der Waals surface area (Å²) >= 11 is 0. The Morgan fingerprint density at radius 2 is 1.77 bits per heavy atom. The maximum Gasteiger partial charge on any atom is 0.150 e. The van der Waals surface area contributed by atoms with Gasteiger partial charge in [0.2, 0.25) is 0 Å². The predicted octanol–water partition coefficient (Wildman–Crippen LogP) is 4.83. The summed E-state index contributed by atoms with van der Waals surface area (Å²) in [5, 5.41) is 2.20. The van der Waals surface area contributed by atoms with Crippen molar-refractivity contribution in [2.45, 2.75) is 0 Å². The van der Waals surface area contributed by atoms with E-state index in [1.807, 2.05) is 72.8 Å². The Morgan fingerprint density at radius 3 is 2.59 bits per heavy atom. The summed E-state index contributed by atoms with van der Waals surface area (Å²) in [7, 11) is 1.65. The molecule has 0 saturated carbocycles. The summed E-state index contributed by atoms with van der Waals surface area (Å²) in [6, 6.07) is 19.7. The van der Waals surface area contributed by atoms with E-state index in [2.05, 4.69) is 0 Å². The first kappa shape index (κ1) is 14.1. The van der Waals surface area contributed by atoms with Crippen LogP contribution in [0.25, 0.3) is 22.9 Å². The first-order valence-corrected chi connectivity index (χ1v) is 7.11. The molecule has 0 unspecified atom stereocenters. The molecule has 0 heterocycles. The van der Waals surface area contributed by atoms with Gasteiger partial charge in [0.1, 0.15) is 5.75 Å². The topological polar surface area (TPSA) is 26.3 Å². The van der Waals surface area contributed by atoms with Crippen LogP contribution in [0, 0.1) is 0 Å². The average molecular weight is 288 g/mol. The Hall–Kier alpha value is -2.87. The fourth-order valence-corrected chi connectivity index (χ4v) is 2.53. The van der Waals surface area contributed by atoms with E-state index in [-0.39, 0.29) is 0 Å². The van der Waals surface area contributed by atoms with Crippen molar-refractivity contribution in [2.24, 2.45) is 0 Å². The van der Waals surface area contributed by atoms with Crippen molar-refractivity contribution < 1.29 is 9.53 Å². The Morgan fingerprint density at radius 1 is 0.909 bits per heavy atom. The maximum atomic E-state index is 11.3. The zero-order chi connectivity index (χ0) is 15.4. The molecule has 0 aromatic heterocycles. The average Bonchev–Trinajstić information content (AvgIpc) is 2.59. The first-order valence-electron chi connectivity index (χ1n) is 7.11. The number of carbonyl (C=O) groups excluding carboxylic acids is 1. The standard InChI is InChI=1S/C20H16O2/c1-22-18-7-4-5-15(13-18)9-12-20-17(14-21)11-10-16-6-2-3-8-19(16)20/h2-14H,1H3/b12-9-. The van der Waals surface area contributed by atoms with Crippen LogP contribution >= 0.6 is 0 Å². The minimum absolute atomic E-state index is 0.692. The van der Waals surface area contributed by atoms with E-state index < -0.39 is 0 Å². The Balaban J connectivity index is 2.08. The Bertz CT molecular complexity index is 847. The third-order valence-corrected chi connectivity index (χ3v) is 3.67. The van der Waals surface area contributed by atoms with E-state index in [4.69, 9.17) is 4.74 Å². The SMILES string of the molecule is COc1cccc(/C=C\c2c(C=O)ccc3ccccc23)c1. The molecule has 0 N–H and O–H groups in total. The van der Waals surface area contributed by atoms with Crippen molar-refractivity contribution in [3.8, 4) is 5.75 Å². The van der Waals surface area contributed by atoms with Crippen LogP contribution in [0.2, 0.25) is 0 Å². The van der Waals surface area contributed by atoms with E-state index in [1.54, 1.807) is 7.11 Å². The molecule has 3 aromatic rings. The van der Waals surface area contributed by atoms with Crippen LogP contribution in [-0.4, -0.2) is 13.4 Å². The molecule has 0 saturated heterocycles. The highest BCUT2D eigenvalue weighted by molar-refractivity contribution is 5.99. The van der Waals surface area contributed by atoms with Crippen molar-refractivity contribution >= 4 is 29.2 Å². The van der Waals surface area contributed by atoms with Gasteiger partial charge >= 0.3 is 0 Å². The third-order valence-electron chi connectivity index (χ3n) is 3.67. The third kappa shape index (κ3) is 2.77. The van der Waals surface area contributed by atoms with Crippen molar-refractivity contribution in [3.05, 3.63) is 77.4 Å². The zero-order valence-electron chi connectivity index (χ0n) is 12.3. The summed E-state index contributed by atoms with van der Waals surface area (Å²) in [4.78, 5) is 11.3. The van der Waals surface area contributed by atoms with Gasteiger partial charge < -0.3 is 4.74 Å². The molecule has 3 rings (SSSR count). The molecule has 108 valence electrons. The van der Waals surface area contributed by atoms with Crippen LogP contribution in [0.3, 0.4) is 0 Å². The van der Waals surface area contributed by atoms with Gasteiger partial charge in [0, 0.05) is 5.56 Å². The number of rotatable bonds is 4. The molecule has 0 bridgehead atoms. The Labute approximate surface area is 129 Å². The van der Waals surface area contributed by atoms with Gasteiger partial charge in [-0.2, -0.15) is 0 Å². The highest BCUT2D eigenvalue weighted by Crippen LogP contribution is 2.24. The summed E-state index contributed by atoms with van der Waals surface area (Å²) in [5.41, 5.74) is 2.66. The molecule has 0 radical (unpaired) electrons. The lowest BCUT2D eigenvalue weighted by Crippen LogP contribution is -1.88. The van der Waals surface area contributed by atoms with Crippen LogP contribution in [0.1, 0.15) is 21.5 Å². The van der Waals surface area contributed by atoms with E-state index in [0.717, 1.165) is 33.9 Å². The molecule has 0 spiro atoms. The molecule has 0 aliphatic carbocycles. The largest absolute Gasteiger partial charge is 0.497 e. The minimum atomic E-state index is 0.692. The predicted molar refractivity (Wildman–Crippen MR) is 91.3 cm³/mol. The zero-order valence-corrected chi connectivity index (χ0v) is 12.3. The number of aldehydes is 1. The molecule has 0 aliphatic heterocycles. The van der Waals surface area contributed by atoms with E-state index in [0.29, 0.717) is 5.56 Å². The fraction of sp³-hybridized carbons (Fsp3) is 0.0500. The monoisotopic (exact) mass is 288 g/mol. The fourth-order valence-electron chi connectivity index (χ4n) is 2.53. The highest BCUT2D eigenvalue weighted by Gasteiger charge is 2.04. The molecule has 0 aliphatic rings. The van der Waals surface area contributed by atoms with Crippen LogP contribution in [0.15, 0.2) is 60.7 Å². The molecular formula is C20H16O2. The number of ether oxygens (including phenoxy) is 1. The lowest BCUT2D eigenvalue weighted by molar-refractivity contribution is 0.112. The van der Waals surface area contributed by atoms with Crippen molar-refractivity contribution in [2.75, 3.05) is 7.11 Å². The molecule has 22 heavy (non-hydrogen) atoms. The van der Waals surface area contributed by atoms with E-state index in [9.17, 15) is 4.79 Å². The van der Waals surface area contributed by atoms with Gasteiger partial charge in [0.15, 0.2) is 6.29 Å². The number of benzene rings is 3. The highest BCUT2D eigenvalue weighted by atomic mass is 16.5. The number of fused-ring (bicyclic) bond motifs is 1. The summed E-state index contributed by atoms with van der Waals surface area (Å²) in [5.74, 6) is 0.815. The van der Waals surface area contributed by atoms with Crippen LogP contribution in [0.5, 0.6) is 5.75 Å². The molecule has 2 heteroatoms. The van der Waals surface area contributed by atoms with Gasteiger partial charge in [0.25, 0.3) is 0 Å². The second-order valence-corrected chi connectivity index (χ2v) is 5.02. The molecule has 0 fully saturated rings. The van der Waals surface area contributed by atoms with Crippen molar-refractivity contribution in [3.63, 3.8) is 0 Å². The number of methoxy groups -OCH3 is 1. The molecular weight excluding hydrogens is 272 g/mol. The second kappa shape index (κ2) is 6.27. The quantitative estimate of drug-likeness (QED) is 0.507. The number of carbonyl (C=O) groups is 1. The minimum Gasteiger partial charge on any atom is -0.497 e. The normalized spacial score (nSPS) is 11.0. The molecule has 0 atom stereocenters.